The van der Waals surface area contributed by atoms with Crippen molar-refractivity contribution in [3.8, 4) is 17.3 Å². The van der Waals surface area contributed by atoms with Gasteiger partial charge in [0.15, 0.2) is 5.82 Å². The highest BCUT2D eigenvalue weighted by molar-refractivity contribution is 6.07. The molecule has 4 saturated heterocycles. The van der Waals surface area contributed by atoms with E-state index in [9.17, 15) is 9.59 Å². The fraction of sp³-hybridized carbons (Fsp3) is 0.484. The van der Waals surface area contributed by atoms with Crippen LogP contribution in [-0.4, -0.2) is 85.9 Å². The first-order valence-electron chi connectivity index (χ1n) is 15.3. The number of aryl methyl sites for hydroxylation is 1. The molecule has 3 amide bonds. The van der Waals surface area contributed by atoms with Gasteiger partial charge in [0.1, 0.15) is 29.2 Å². The lowest BCUT2D eigenvalue weighted by Gasteiger charge is -2.39. The van der Waals surface area contributed by atoms with E-state index in [0.29, 0.717) is 42.8 Å². The molecule has 1 spiro atoms. The number of imide groups is 1. The predicted octanol–water partition coefficient (Wildman–Crippen LogP) is 3.51. The number of nitrogens with zero attached hydrogens (tertiary/aromatic N) is 6. The molecule has 1 unspecified atom stereocenters. The molecule has 4 aromatic rings. The molecule has 0 radical (unpaired) electrons. The molecule has 0 aliphatic carbocycles. The predicted molar refractivity (Wildman–Crippen MR) is 161 cm³/mol. The van der Waals surface area contributed by atoms with Crippen LogP contribution in [0.4, 0.5) is 15.0 Å². The highest BCUT2D eigenvalue weighted by Gasteiger charge is 2.49. The third-order valence-corrected chi connectivity index (χ3v) is 10.2. The van der Waals surface area contributed by atoms with Crippen LogP contribution in [0.3, 0.4) is 0 Å². The van der Waals surface area contributed by atoms with Gasteiger partial charge in [-0.1, -0.05) is 0 Å². The maximum atomic E-state index is 16.8. The summed E-state index contributed by atoms with van der Waals surface area (Å²) >= 11 is 0. The van der Waals surface area contributed by atoms with Gasteiger partial charge in [-0.2, -0.15) is 15.1 Å². The number of hydrogen-bond acceptors (Lipinski definition) is 9. The largest absolute Gasteiger partial charge is 0.461 e. The summed E-state index contributed by atoms with van der Waals surface area (Å²) in [6, 6.07) is 1.57. The number of rotatable bonds is 5. The monoisotopic (exact) mass is 599 g/mol. The van der Waals surface area contributed by atoms with Crippen molar-refractivity contribution < 1.29 is 18.7 Å². The second-order valence-electron chi connectivity index (χ2n) is 12.8. The van der Waals surface area contributed by atoms with Crippen LogP contribution < -0.4 is 20.3 Å². The molecule has 4 aliphatic rings. The van der Waals surface area contributed by atoms with Crippen LogP contribution in [0.15, 0.2) is 18.5 Å². The number of H-pyrrole nitrogens is 1. The highest BCUT2D eigenvalue weighted by atomic mass is 19.1. The summed E-state index contributed by atoms with van der Waals surface area (Å²) in [5.74, 6) is -0.515. The number of carbonyl (C=O) groups is 2. The lowest BCUT2D eigenvalue weighted by Crippen LogP contribution is -2.58. The third kappa shape index (κ3) is 4.05. The van der Waals surface area contributed by atoms with Crippen LogP contribution >= 0.6 is 0 Å². The first kappa shape index (κ1) is 27.2. The number of hydrogen-bond donors (Lipinski definition) is 3. The maximum absolute atomic E-state index is 16.8. The van der Waals surface area contributed by atoms with E-state index in [1.54, 1.807) is 12.4 Å². The van der Waals surface area contributed by atoms with Crippen molar-refractivity contribution in [3.63, 3.8) is 0 Å². The Bertz CT molecular complexity index is 1850. The number of piperidine rings is 1. The van der Waals surface area contributed by atoms with E-state index in [4.69, 9.17) is 9.72 Å². The number of urea groups is 1. The van der Waals surface area contributed by atoms with Crippen molar-refractivity contribution in [2.75, 3.05) is 37.7 Å². The second kappa shape index (κ2) is 9.81. The standard InChI is InChI=1S/C31H34FN9O3/c1-17-12-21-19(14-34-39-21)22(18(17)2)25-23(32)24-20(13-33-25)26(40-9-5-8-31(15-40)27(42)37-28(43)38-31)36-29(35-24)44-16-30-6-3-10-41(30)11-4-7-30/h12-14H,3-11,15-16H2,1-2H3,(H,34,39)(H2,37,38,42,43). The van der Waals surface area contributed by atoms with Gasteiger partial charge in [0.2, 0.25) is 0 Å². The van der Waals surface area contributed by atoms with Crippen LogP contribution in [-0.2, 0) is 4.79 Å². The van der Waals surface area contributed by atoms with Gasteiger partial charge in [-0.05, 0) is 82.7 Å². The third-order valence-electron chi connectivity index (χ3n) is 10.2. The molecule has 4 fully saturated rings. The van der Waals surface area contributed by atoms with E-state index < -0.39 is 17.4 Å². The van der Waals surface area contributed by atoms with Crippen molar-refractivity contribution in [1.29, 1.82) is 0 Å². The zero-order valence-corrected chi connectivity index (χ0v) is 24.8. The number of aromatic amines is 1. The Morgan fingerprint density at radius 2 is 1.82 bits per heavy atom. The van der Waals surface area contributed by atoms with Crippen LogP contribution in [0.1, 0.15) is 49.7 Å². The number of fused-ring (bicyclic) bond motifs is 3. The highest BCUT2D eigenvalue weighted by Crippen LogP contribution is 2.41. The summed E-state index contributed by atoms with van der Waals surface area (Å²) in [6.45, 7) is 7.20. The summed E-state index contributed by atoms with van der Waals surface area (Å²) < 4.78 is 23.2. The first-order valence-corrected chi connectivity index (χ1v) is 15.3. The normalized spacial score (nSPS) is 23.1. The Balaban J connectivity index is 1.26. The number of nitrogens with one attached hydrogen (secondary N) is 3. The fourth-order valence-electron chi connectivity index (χ4n) is 7.85. The van der Waals surface area contributed by atoms with Crippen molar-refractivity contribution in [2.24, 2.45) is 0 Å². The number of benzene rings is 1. The lowest BCUT2D eigenvalue weighted by molar-refractivity contribution is -0.124. The number of pyridine rings is 1. The number of ether oxygens (including phenoxy) is 1. The van der Waals surface area contributed by atoms with E-state index >= 15 is 4.39 Å². The Morgan fingerprint density at radius 1 is 1.02 bits per heavy atom. The van der Waals surface area contributed by atoms with Gasteiger partial charge in [-0.3, -0.25) is 25.1 Å². The number of anilines is 1. The molecule has 228 valence electrons. The van der Waals surface area contributed by atoms with E-state index in [-0.39, 0.29) is 35.2 Å². The van der Waals surface area contributed by atoms with E-state index in [2.05, 4.69) is 35.7 Å². The quantitative estimate of drug-likeness (QED) is 0.294. The number of aromatic nitrogens is 5. The number of halogens is 1. The van der Waals surface area contributed by atoms with E-state index in [0.717, 1.165) is 60.8 Å². The Kier molecular flexibility index (Phi) is 6.06. The summed E-state index contributed by atoms with van der Waals surface area (Å²) in [6.07, 6.45) is 8.75. The molecular formula is C31H34FN9O3. The molecule has 7 heterocycles. The molecule has 12 nitrogen and oxygen atoms in total. The number of carbonyl (C=O) groups excluding carboxylic acids is 2. The minimum atomic E-state index is -1.09. The van der Waals surface area contributed by atoms with Crippen LogP contribution in [0, 0.1) is 19.7 Å². The molecule has 3 N–H and O–H groups in total. The van der Waals surface area contributed by atoms with Crippen molar-refractivity contribution in [2.45, 2.75) is 63.5 Å². The SMILES string of the molecule is Cc1cc2[nH]ncc2c(-c2ncc3c(N4CCCC5(C4)NC(=O)NC5=O)nc(OCC45CCCN4CCC5)nc3c2F)c1C. The Hall–Kier alpha value is -4.39. The summed E-state index contributed by atoms with van der Waals surface area (Å²) in [7, 11) is 0. The molecule has 1 aromatic carbocycles. The lowest BCUT2D eigenvalue weighted by atomic mass is 9.89. The minimum Gasteiger partial charge on any atom is -0.461 e. The molecule has 8 rings (SSSR count). The zero-order valence-electron chi connectivity index (χ0n) is 24.8. The Labute approximate surface area is 252 Å². The fourth-order valence-corrected chi connectivity index (χ4v) is 7.85. The van der Waals surface area contributed by atoms with Crippen molar-refractivity contribution in [1.82, 2.24) is 40.7 Å². The molecule has 1 atom stereocenters. The summed E-state index contributed by atoms with van der Waals surface area (Å²) in [5, 5.41) is 13.5. The first-order chi connectivity index (χ1) is 21.3. The molecule has 44 heavy (non-hydrogen) atoms. The summed E-state index contributed by atoms with van der Waals surface area (Å²) in [5.41, 5.74) is 2.48. The smallest absolute Gasteiger partial charge is 0.322 e. The average molecular weight is 600 g/mol. The van der Waals surface area contributed by atoms with Crippen LogP contribution in [0.2, 0.25) is 0 Å². The minimum absolute atomic E-state index is 0.0482. The summed E-state index contributed by atoms with van der Waals surface area (Å²) in [4.78, 5) is 43.5. The molecule has 0 bridgehead atoms. The van der Waals surface area contributed by atoms with Crippen LogP contribution in [0.5, 0.6) is 6.01 Å². The van der Waals surface area contributed by atoms with Gasteiger partial charge in [0.05, 0.1) is 29.2 Å². The van der Waals surface area contributed by atoms with Gasteiger partial charge < -0.3 is 15.0 Å². The van der Waals surface area contributed by atoms with Gasteiger partial charge in [0, 0.05) is 23.7 Å². The van der Waals surface area contributed by atoms with Crippen molar-refractivity contribution >= 4 is 39.6 Å². The topological polar surface area (TPSA) is 141 Å². The average Bonchev–Trinajstić information content (AvgIpc) is 3.77. The number of amides is 3. The molecule has 4 aliphatic heterocycles. The molecule has 13 heteroatoms. The van der Waals surface area contributed by atoms with Crippen molar-refractivity contribution in [3.05, 3.63) is 35.4 Å². The van der Waals surface area contributed by atoms with Gasteiger partial charge in [0.25, 0.3) is 5.91 Å². The van der Waals surface area contributed by atoms with E-state index in [1.165, 1.54) is 0 Å². The zero-order chi connectivity index (χ0) is 30.2. The second-order valence-corrected chi connectivity index (χ2v) is 12.8. The van der Waals surface area contributed by atoms with Gasteiger partial charge in [-0.15, -0.1) is 0 Å². The van der Waals surface area contributed by atoms with E-state index in [1.807, 2.05) is 24.8 Å². The van der Waals surface area contributed by atoms with Gasteiger partial charge in [-0.25, -0.2) is 9.18 Å². The van der Waals surface area contributed by atoms with Crippen LogP contribution in [0.25, 0.3) is 33.1 Å². The molecular weight excluding hydrogens is 565 g/mol. The Morgan fingerprint density at radius 3 is 2.59 bits per heavy atom. The van der Waals surface area contributed by atoms with Gasteiger partial charge >= 0.3 is 12.0 Å². The molecule has 3 aromatic heterocycles. The maximum Gasteiger partial charge on any atom is 0.322 e. The molecule has 0 saturated carbocycles.